The number of nitrogens with zero attached hydrogens (tertiary/aromatic N) is 5. The molecular weight excluding hydrogens is 520 g/mol. The summed E-state index contributed by atoms with van der Waals surface area (Å²) < 4.78 is 17.3. The fourth-order valence-corrected chi connectivity index (χ4v) is 5.09. The molecule has 2 heterocycles. The second kappa shape index (κ2) is 14.4. The van der Waals surface area contributed by atoms with Crippen molar-refractivity contribution < 1.29 is 14.2 Å². The minimum absolute atomic E-state index is 0.278. The van der Waals surface area contributed by atoms with Gasteiger partial charge >= 0.3 is 0 Å². The molecule has 1 saturated heterocycles. The minimum Gasteiger partial charge on any atom is -0.493 e. The van der Waals surface area contributed by atoms with Crippen LogP contribution in [0.5, 0.6) is 17.2 Å². The summed E-state index contributed by atoms with van der Waals surface area (Å²) in [5.74, 6) is 3.56. The number of nitrogens with two attached hydrogens (primary N) is 1. The molecule has 11 nitrogen and oxygen atoms in total. The number of hydrogen-bond acceptors (Lipinski definition) is 11. The Balaban J connectivity index is 1.49. The summed E-state index contributed by atoms with van der Waals surface area (Å²) in [7, 11) is 11.6. The number of nitrogens with one attached hydrogen (secondary N) is 2. The molecule has 1 aromatic heterocycles. The van der Waals surface area contributed by atoms with Gasteiger partial charge in [-0.1, -0.05) is 6.07 Å². The first kappa shape index (κ1) is 30.4. The maximum Gasteiger partial charge on any atom is 0.225 e. The van der Waals surface area contributed by atoms with E-state index in [0.717, 1.165) is 61.5 Å². The first-order valence-corrected chi connectivity index (χ1v) is 14.3. The third-order valence-electron chi connectivity index (χ3n) is 7.32. The van der Waals surface area contributed by atoms with E-state index in [1.165, 1.54) is 11.3 Å². The monoisotopic (exact) mass is 566 g/mol. The summed E-state index contributed by atoms with van der Waals surface area (Å²) in [6.07, 6.45) is 1.98. The first-order chi connectivity index (χ1) is 19.8. The maximum absolute atomic E-state index is 6.24. The molecule has 41 heavy (non-hydrogen) atoms. The molecule has 224 valence electrons. The lowest BCUT2D eigenvalue weighted by molar-refractivity contribution is 0.205. The molecule has 0 atom stereocenters. The van der Waals surface area contributed by atoms with Crippen LogP contribution in [0, 0.1) is 0 Å². The number of methoxy groups -OCH3 is 2. The predicted molar refractivity (Wildman–Crippen MR) is 167 cm³/mol. The highest BCUT2D eigenvalue weighted by atomic mass is 16.5. The zero-order chi connectivity index (χ0) is 29.4. The number of likely N-dealkylation sites (tertiary alicyclic amines) is 1. The molecule has 1 aliphatic heterocycles. The van der Waals surface area contributed by atoms with E-state index in [1.54, 1.807) is 14.2 Å². The van der Waals surface area contributed by atoms with Crippen LogP contribution in [0.1, 0.15) is 18.4 Å². The molecule has 3 aromatic rings. The zero-order valence-corrected chi connectivity index (χ0v) is 25.4. The third kappa shape index (κ3) is 7.81. The van der Waals surface area contributed by atoms with Crippen molar-refractivity contribution in [1.82, 2.24) is 19.8 Å². The average molecular weight is 567 g/mol. The molecule has 0 aliphatic carbocycles. The standard InChI is InChI=1S/C30H46N8O3/c1-36(2)16-17-41-26-9-7-8-25(37(3)4)23(26)20-38-14-10-21(11-15-38)33-29-22-18-27(39-5)28(40-6)19-24(22)34-30(35-29)32-13-12-31/h7-9,18-19,21H,10-17,20,31H2,1-6H3,(H2,32,33,34,35). The number of ether oxygens (including phenoxy) is 3. The molecule has 0 radical (unpaired) electrons. The van der Waals surface area contributed by atoms with Gasteiger partial charge in [0.25, 0.3) is 0 Å². The predicted octanol–water partition coefficient (Wildman–Crippen LogP) is 3.10. The molecule has 2 aromatic carbocycles. The van der Waals surface area contributed by atoms with Crippen LogP contribution in [0.4, 0.5) is 17.5 Å². The van der Waals surface area contributed by atoms with Gasteiger partial charge in [-0.3, -0.25) is 4.90 Å². The SMILES string of the molecule is COc1cc2nc(NCCN)nc(NC3CCN(Cc4c(OCCN(C)C)cccc4N(C)C)CC3)c2cc1OC. The van der Waals surface area contributed by atoms with E-state index in [0.29, 0.717) is 37.1 Å². The molecule has 0 bridgehead atoms. The fraction of sp³-hybridized carbons (Fsp3) is 0.533. The Hall–Kier alpha value is -3.54. The normalized spacial score (nSPS) is 14.3. The van der Waals surface area contributed by atoms with Crippen molar-refractivity contribution in [2.75, 3.05) is 97.3 Å². The summed E-state index contributed by atoms with van der Waals surface area (Å²) in [6, 6.07) is 10.4. The summed E-state index contributed by atoms with van der Waals surface area (Å²) in [5, 5.41) is 7.82. The van der Waals surface area contributed by atoms with Crippen molar-refractivity contribution in [2.45, 2.75) is 25.4 Å². The number of likely N-dealkylation sites (N-methyl/N-ethyl adjacent to an activating group) is 1. The lowest BCUT2D eigenvalue weighted by Crippen LogP contribution is -2.39. The molecular formula is C30H46N8O3. The Morgan fingerprint density at radius 2 is 1.73 bits per heavy atom. The van der Waals surface area contributed by atoms with Gasteiger partial charge < -0.3 is 40.4 Å². The second-order valence-electron chi connectivity index (χ2n) is 10.8. The lowest BCUT2D eigenvalue weighted by atomic mass is 10.0. The Labute approximate surface area is 244 Å². The van der Waals surface area contributed by atoms with Crippen molar-refractivity contribution in [3.05, 3.63) is 35.9 Å². The van der Waals surface area contributed by atoms with E-state index >= 15 is 0 Å². The van der Waals surface area contributed by atoms with E-state index in [4.69, 9.17) is 29.9 Å². The van der Waals surface area contributed by atoms with Gasteiger partial charge in [0, 0.05) is 82.1 Å². The molecule has 1 fully saturated rings. The fourth-order valence-electron chi connectivity index (χ4n) is 5.09. The van der Waals surface area contributed by atoms with Gasteiger partial charge in [0.2, 0.25) is 5.95 Å². The quantitative estimate of drug-likeness (QED) is 0.268. The Bertz CT molecular complexity index is 1280. The first-order valence-electron chi connectivity index (χ1n) is 14.3. The average Bonchev–Trinajstić information content (AvgIpc) is 2.96. The van der Waals surface area contributed by atoms with Crippen molar-refractivity contribution in [3.63, 3.8) is 0 Å². The van der Waals surface area contributed by atoms with Crippen LogP contribution in [-0.4, -0.2) is 108 Å². The number of anilines is 3. The van der Waals surface area contributed by atoms with Crippen LogP contribution in [0.15, 0.2) is 30.3 Å². The number of aromatic nitrogens is 2. The van der Waals surface area contributed by atoms with Crippen LogP contribution in [0.3, 0.4) is 0 Å². The van der Waals surface area contributed by atoms with Crippen molar-refractivity contribution in [1.29, 1.82) is 0 Å². The van der Waals surface area contributed by atoms with Gasteiger partial charge in [0.15, 0.2) is 11.5 Å². The molecule has 11 heteroatoms. The Kier molecular flexibility index (Phi) is 10.7. The zero-order valence-electron chi connectivity index (χ0n) is 25.4. The summed E-state index contributed by atoms with van der Waals surface area (Å²) >= 11 is 0. The smallest absolute Gasteiger partial charge is 0.225 e. The van der Waals surface area contributed by atoms with Gasteiger partial charge in [0.1, 0.15) is 18.2 Å². The van der Waals surface area contributed by atoms with Crippen LogP contribution < -0.4 is 35.5 Å². The minimum atomic E-state index is 0.278. The highest BCUT2D eigenvalue weighted by Gasteiger charge is 2.24. The topological polar surface area (TPSA) is 113 Å². The maximum atomic E-state index is 6.24. The van der Waals surface area contributed by atoms with Crippen molar-refractivity contribution in [2.24, 2.45) is 5.73 Å². The second-order valence-corrected chi connectivity index (χ2v) is 10.8. The van der Waals surface area contributed by atoms with E-state index in [-0.39, 0.29) is 6.04 Å². The van der Waals surface area contributed by atoms with E-state index in [1.807, 2.05) is 12.1 Å². The third-order valence-corrected chi connectivity index (χ3v) is 7.32. The van der Waals surface area contributed by atoms with Crippen molar-refractivity contribution in [3.8, 4) is 17.2 Å². The summed E-state index contributed by atoms with van der Waals surface area (Å²) in [5.41, 5.74) is 8.92. The number of fused-ring (bicyclic) bond motifs is 1. The van der Waals surface area contributed by atoms with E-state index in [9.17, 15) is 0 Å². The summed E-state index contributed by atoms with van der Waals surface area (Å²) in [6.45, 7) is 5.40. The number of benzene rings is 2. The molecule has 0 spiro atoms. The van der Waals surface area contributed by atoms with Crippen LogP contribution >= 0.6 is 0 Å². The molecule has 0 saturated carbocycles. The molecule has 4 rings (SSSR count). The summed E-state index contributed by atoms with van der Waals surface area (Å²) in [4.78, 5) is 16.3. The highest BCUT2D eigenvalue weighted by Crippen LogP contribution is 2.36. The van der Waals surface area contributed by atoms with Gasteiger partial charge in [-0.05, 0) is 45.1 Å². The molecule has 4 N–H and O–H groups in total. The Morgan fingerprint density at radius 3 is 2.39 bits per heavy atom. The Morgan fingerprint density at radius 1 is 1.00 bits per heavy atom. The van der Waals surface area contributed by atoms with Gasteiger partial charge in [-0.2, -0.15) is 4.98 Å². The van der Waals surface area contributed by atoms with E-state index < -0.39 is 0 Å². The highest BCUT2D eigenvalue weighted by molar-refractivity contribution is 5.92. The largest absolute Gasteiger partial charge is 0.493 e. The lowest BCUT2D eigenvalue weighted by Gasteiger charge is -2.34. The number of piperidine rings is 1. The van der Waals surface area contributed by atoms with Gasteiger partial charge in [0.05, 0.1) is 19.7 Å². The van der Waals surface area contributed by atoms with E-state index in [2.05, 4.69) is 71.7 Å². The van der Waals surface area contributed by atoms with Gasteiger partial charge in [-0.25, -0.2) is 4.98 Å². The van der Waals surface area contributed by atoms with Gasteiger partial charge in [-0.15, -0.1) is 0 Å². The van der Waals surface area contributed by atoms with Crippen molar-refractivity contribution >= 4 is 28.4 Å². The van der Waals surface area contributed by atoms with Crippen LogP contribution in [-0.2, 0) is 6.54 Å². The number of rotatable bonds is 14. The molecule has 0 unspecified atom stereocenters. The number of hydrogen-bond donors (Lipinski definition) is 3. The molecule has 0 amide bonds. The molecule has 1 aliphatic rings. The van der Waals surface area contributed by atoms with Crippen LogP contribution in [0.25, 0.3) is 10.9 Å². The van der Waals surface area contributed by atoms with Crippen LogP contribution in [0.2, 0.25) is 0 Å².